The molecule has 0 aliphatic carbocycles. The molecular formula is C16H15BrN2O2. The maximum Gasteiger partial charge on any atom is 0.271 e. The number of aryl methyl sites for hydroxylation is 1. The molecule has 0 aliphatic heterocycles. The van der Waals surface area contributed by atoms with Gasteiger partial charge in [0.15, 0.2) is 0 Å². The van der Waals surface area contributed by atoms with Crippen LogP contribution in [0.4, 0.5) is 0 Å². The molecule has 0 fully saturated rings. The molecule has 5 heteroatoms. The minimum absolute atomic E-state index is 0.234. The van der Waals surface area contributed by atoms with Gasteiger partial charge in [-0.2, -0.15) is 5.10 Å². The van der Waals surface area contributed by atoms with E-state index in [1.54, 1.807) is 19.4 Å². The van der Waals surface area contributed by atoms with Gasteiger partial charge in [0.1, 0.15) is 5.75 Å². The molecule has 0 aromatic heterocycles. The average molecular weight is 347 g/mol. The van der Waals surface area contributed by atoms with Gasteiger partial charge >= 0.3 is 0 Å². The number of benzene rings is 2. The number of methoxy groups -OCH3 is 1. The number of nitrogens with one attached hydrogen (secondary N) is 1. The Morgan fingerprint density at radius 3 is 2.76 bits per heavy atom. The van der Waals surface area contributed by atoms with Crippen molar-refractivity contribution in [2.24, 2.45) is 5.10 Å². The third kappa shape index (κ3) is 4.16. The molecule has 0 saturated carbocycles. The van der Waals surface area contributed by atoms with Crippen LogP contribution in [0.15, 0.2) is 52.0 Å². The van der Waals surface area contributed by atoms with Crippen LogP contribution in [0, 0.1) is 6.92 Å². The van der Waals surface area contributed by atoms with Crippen LogP contribution >= 0.6 is 15.9 Å². The van der Waals surface area contributed by atoms with E-state index in [0.29, 0.717) is 5.56 Å². The van der Waals surface area contributed by atoms with Gasteiger partial charge in [-0.15, -0.1) is 0 Å². The molecule has 21 heavy (non-hydrogen) atoms. The zero-order valence-electron chi connectivity index (χ0n) is 11.8. The lowest BCUT2D eigenvalue weighted by molar-refractivity contribution is 0.0955. The van der Waals surface area contributed by atoms with E-state index in [1.807, 2.05) is 43.3 Å². The van der Waals surface area contributed by atoms with Gasteiger partial charge in [0.25, 0.3) is 5.91 Å². The number of carbonyl (C=O) groups excluding carboxylic acids is 1. The van der Waals surface area contributed by atoms with Crippen LogP contribution in [-0.2, 0) is 0 Å². The van der Waals surface area contributed by atoms with Crippen LogP contribution in [0.1, 0.15) is 21.5 Å². The lowest BCUT2D eigenvalue weighted by Crippen LogP contribution is -2.17. The highest BCUT2D eigenvalue weighted by Gasteiger charge is 2.03. The number of hydrogen-bond acceptors (Lipinski definition) is 3. The number of rotatable bonds is 4. The normalized spacial score (nSPS) is 10.6. The Bertz CT molecular complexity index is 684. The smallest absolute Gasteiger partial charge is 0.271 e. The van der Waals surface area contributed by atoms with E-state index >= 15 is 0 Å². The summed E-state index contributed by atoms with van der Waals surface area (Å²) < 4.78 is 5.98. The van der Waals surface area contributed by atoms with Gasteiger partial charge in [-0.25, -0.2) is 5.43 Å². The van der Waals surface area contributed by atoms with Crippen molar-refractivity contribution in [2.75, 3.05) is 7.11 Å². The first-order valence-corrected chi connectivity index (χ1v) is 7.13. The SMILES string of the molecule is COc1ccc(/C=N/NC(=O)c2cccc(C)c2)cc1Br. The molecule has 0 aliphatic rings. The summed E-state index contributed by atoms with van der Waals surface area (Å²) in [4.78, 5) is 11.9. The van der Waals surface area contributed by atoms with E-state index in [-0.39, 0.29) is 5.91 Å². The number of halogens is 1. The quantitative estimate of drug-likeness (QED) is 0.680. The molecule has 0 unspecified atom stereocenters. The van der Waals surface area contributed by atoms with E-state index in [0.717, 1.165) is 21.3 Å². The van der Waals surface area contributed by atoms with Crippen molar-refractivity contribution in [2.45, 2.75) is 6.92 Å². The molecule has 2 aromatic carbocycles. The van der Waals surface area contributed by atoms with Crippen molar-refractivity contribution in [3.05, 3.63) is 63.6 Å². The zero-order valence-corrected chi connectivity index (χ0v) is 13.3. The number of hydrogen-bond donors (Lipinski definition) is 1. The van der Waals surface area contributed by atoms with Crippen molar-refractivity contribution in [1.82, 2.24) is 5.43 Å². The fraction of sp³-hybridized carbons (Fsp3) is 0.125. The van der Waals surface area contributed by atoms with Crippen molar-refractivity contribution in [3.8, 4) is 5.75 Å². The second kappa shape index (κ2) is 7.04. The van der Waals surface area contributed by atoms with Crippen LogP contribution in [0.25, 0.3) is 0 Å². The summed E-state index contributed by atoms with van der Waals surface area (Å²) >= 11 is 3.40. The molecule has 1 N–H and O–H groups in total. The molecule has 4 nitrogen and oxygen atoms in total. The summed E-state index contributed by atoms with van der Waals surface area (Å²) in [6, 6.07) is 12.9. The van der Waals surface area contributed by atoms with Crippen LogP contribution in [0.5, 0.6) is 5.75 Å². The molecule has 108 valence electrons. The average Bonchev–Trinajstić information content (AvgIpc) is 2.47. The molecule has 0 radical (unpaired) electrons. The lowest BCUT2D eigenvalue weighted by atomic mass is 10.1. The Morgan fingerprint density at radius 2 is 2.10 bits per heavy atom. The number of ether oxygens (including phenoxy) is 1. The van der Waals surface area contributed by atoms with Gasteiger partial charge in [-0.1, -0.05) is 17.7 Å². The third-order valence-electron chi connectivity index (χ3n) is 2.84. The largest absolute Gasteiger partial charge is 0.496 e. The summed E-state index contributed by atoms with van der Waals surface area (Å²) in [5, 5.41) is 3.96. The van der Waals surface area contributed by atoms with Gasteiger partial charge in [0.2, 0.25) is 0 Å². The maximum absolute atomic E-state index is 11.9. The van der Waals surface area contributed by atoms with Crippen LogP contribution in [0.3, 0.4) is 0 Å². The molecule has 2 aromatic rings. The third-order valence-corrected chi connectivity index (χ3v) is 3.46. The highest BCUT2D eigenvalue weighted by molar-refractivity contribution is 9.10. The summed E-state index contributed by atoms with van der Waals surface area (Å²) in [7, 11) is 1.61. The second-order valence-electron chi connectivity index (χ2n) is 4.46. The zero-order chi connectivity index (χ0) is 15.2. The molecule has 0 atom stereocenters. The van der Waals surface area contributed by atoms with Crippen LogP contribution in [-0.4, -0.2) is 19.2 Å². The first-order valence-electron chi connectivity index (χ1n) is 6.34. The first kappa shape index (κ1) is 15.3. The Morgan fingerprint density at radius 1 is 1.29 bits per heavy atom. The van der Waals surface area contributed by atoms with E-state index in [4.69, 9.17) is 4.74 Å². The van der Waals surface area contributed by atoms with Crippen molar-refractivity contribution >= 4 is 28.1 Å². The van der Waals surface area contributed by atoms with E-state index in [1.165, 1.54) is 0 Å². The Labute approximate surface area is 132 Å². The summed E-state index contributed by atoms with van der Waals surface area (Å²) in [5.74, 6) is 0.512. The standard InChI is InChI=1S/C16H15BrN2O2/c1-11-4-3-5-13(8-11)16(20)19-18-10-12-6-7-15(21-2)14(17)9-12/h3-10H,1-2H3,(H,19,20)/b18-10+. The minimum atomic E-state index is -0.234. The van der Waals surface area contributed by atoms with Crippen LogP contribution in [0.2, 0.25) is 0 Å². The van der Waals surface area contributed by atoms with Crippen molar-refractivity contribution < 1.29 is 9.53 Å². The number of nitrogens with zero attached hydrogens (tertiary/aromatic N) is 1. The minimum Gasteiger partial charge on any atom is -0.496 e. The topological polar surface area (TPSA) is 50.7 Å². The van der Waals surface area contributed by atoms with Gasteiger partial charge in [0, 0.05) is 5.56 Å². The molecule has 2 rings (SSSR count). The highest BCUT2D eigenvalue weighted by Crippen LogP contribution is 2.24. The Kier molecular flexibility index (Phi) is 5.11. The maximum atomic E-state index is 11.9. The van der Waals surface area contributed by atoms with Gasteiger partial charge in [-0.05, 0) is 58.7 Å². The van der Waals surface area contributed by atoms with E-state index in [2.05, 4.69) is 26.5 Å². The molecule has 1 amide bonds. The predicted octanol–water partition coefficient (Wildman–Crippen LogP) is 3.53. The number of hydrazone groups is 1. The molecule has 0 saturated heterocycles. The molecule has 0 heterocycles. The fourth-order valence-corrected chi connectivity index (χ4v) is 2.34. The monoisotopic (exact) mass is 346 g/mol. The van der Waals surface area contributed by atoms with Gasteiger partial charge in [0.05, 0.1) is 17.8 Å². The molecule has 0 spiro atoms. The Hall–Kier alpha value is -2.14. The number of amides is 1. The van der Waals surface area contributed by atoms with Crippen molar-refractivity contribution in [3.63, 3.8) is 0 Å². The molecule has 0 bridgehead atoms. The summed E-state index contributed by atoms with van der Waals surface area (Å²) in [6.07, 6.45) is 1.58. The predicted molar refractivity (Wildman–Crippen MR) is 86.9 cm³/mol. The fourth-order valence-electron chi connectivity index (χ4n) is 1.78. The van der Waals surface area contributed by atoms with Gasteiger partial charge in [-0.3, -0.25) is 4.79 Å². The molecular weight excluding hydrogens is 332 g/mol. The van der Waals surface area contributed by atoms with Crippen molar-refractivity contribution in [1.29, 1.82) is 0 Å². The summed E-state index contributed by atoms with van der Waals surface area (Å²) in [5.41, 5.74) is 4.98. The highest BCUT2D eigenvalue weighted by atomic mass is 79.9. The Balaban J connectivity index is 2.02. The summed E-state index contributed by atoms with van der Waals surface area (Å²) in [6.45, 7) is 1.94. The van der Waals surface area contributed by atoms with E-state index < -0.39 is 0 Å². The second-order valence-corrected chi connectivity index (χ2v) is 5.32. The van der Waals surface area contributed by atoms with Crippen LogP contribution < -0.4 is 10.2 Å². The lowest BCUT2D eigenvalue weighted by Gasteiger charge is -2.03. The van der Waals surface area contributed by atoms with Gasteiger partial charge < -0.3 is 4.74 Å². The number of carbonyl (C=O) groups is 1. The first-order chi connectivity index (χ1) is 10.1. The van der Waals surface area contributed by atoms with E-state index in [9.17, 15) is 4.79 Å².